The first-order chi connectivity index (χ1) is 10.5. The van der Waals surface area contributed by atoms with E-state index >= 15 is 0 Å². The van der Waals surface area contributed by atoms with Gasteiger partial charge in [0.15, 0.2) is 6.10 Å². The van der Waals surface area contributed by atoms with Crippen LogP contribution in [-0.4, -0.2) is 30.1 Å². The number of carbonyl (C=O) groups is 1. The van der Waals surface area contributed by atoms with E-state index in [9.17, 15) is 9.90 Å². The average molecular weight is 312 g/mol. The Morgan fingerprint density at radius 2 is 1.68 bits per heavy atom. The minimum Gasteiger partial charge on any atom is -0.427 e. The third kappa shape index (κ3) is 5.73. The summed E-state index contributed by atoms with van der Waals surface area (Å²) in [5.74, 6) is -1.70. The summed E-state index contributed by atoms with van der Waals surface area (Å²) < 4.78 is 10.2. The van der Waals surface area contributed by atoms with E-state index in [1.165, 1.54) is 58.5 Å². The maximum atomic E-state index is 11.7. The summed E-state index contributed by atoms with van der Waals surface area (Å²) in [4.78, 5) is 11.7. The van der Waals surface area contributed by atoms with Crippen molar-refractivity contribution in [3.8, 4) is 0 Å². The van der Waals surface area contributed by atoms with Gasteiger partial charge in [-0.15, -0.1) is 0 Å². The molecule has 0 bridgehead atoms. The maximum Gasteiger partial charge on any atom is 0.339 e. The first-order valence-electron chi connectivity index (χ1n) is 8.71. The van der Waals surface area contributed by atoms with Gasteiger partial charge >= 0.3 is 5.97 Å². The maximum absolute atomic E-state index is 11.7. The molecular formula is C18H32O4. The summed E-state index contributed by atoms with van der Waals surface area (Å²) in [6, 6.07) is 0. The fourth-order valence-corrected chi connectivity index (χ4v) is 2.75. The number of cyclic esters (lactones) is 1. The van der Waals surface area contributed by atoms with Crippen molar-refractivity contribution in [2.45, 2.75) is 89.9 Å². The van der Waals surface area contributed by atoms with Gasteiger partial charge in [0.1, 0.15) is 0 Å². The normalized spacial score (nSPS) is 26.6. The molecule has 1 aliphatic heterocycles. The molecule has 2 atom stereocenters. The Balaban J connectivity index is 2.14. The quantitative estimate of drug-likeness (QED) is 0.354. The van der Waals surface area contributed by atoms with E-state index in [0.29, 0.717) is 5.57 Å². The van der Waals surface area contributed by atoms with Crippen LogP contribution in [0.4, 0.5) is 0 Å². The van der Waals surface area contributed by atoms with Gasteiger partial charge < -0.3 is 14.6 Å². The van der Waals surface area contributed by atoms with E-state index in [-0.39, 0.29) is 0 Å². The number of rotatable bonds is 11. The molecule has 22 heavy (non-hydrogen) atoms. The van der Waals surface area contributed by atoms with Crippen LogP contribution >= 0.6 is 0 Å². The fraction of sp³-hybridized carbons (Fsp3) is 0.833. The topological polar surface area (TPSA) is 55.8 Å². The second-order valence-electron chi connectivity index (χ2n) is 6.29. The molecule has 1 N–H and O–H groups in total. The molecule has 0 aromatic rings. The number of esters is 1. The molecule has 0 aromatic carbocycles. The summed E-state index contributed by atoms with van der Waals surface area (Å²) in [5.41, 5.74) is 0.337. The lowest BCUT2D eigenvalue weighted by molar-refractivity contribution is -0.218. The van der Waals surface area contributed by atoms with Gasteiger partial charge in [0.25, 0.3) is 0 Å². The lowest BCUT2D eigenvalue weighted by Gasteiger charge is -2.23. The zero-order valence-corrected chi connectivity index (χ0v) is 14.4. The highest BCUT2D eigenvalue weighted by atomic mass is 16.7. The molecule has 1 aliphatic rings. The molecule has 0 radical (unpaired) electrons. The summed E-state index contributed by atoms with van der Waals surface area (Å²) in [6.45, 7) is 3.82. The molecule has 0 spiro atoms. The van der Waals surface area contributed by atoms with Crippen LogP contribution in [0.15, 0.2) is 11.6 Å². The number of aliphatic hydroxyl groups excluding tert-OH is 1. The van der Waals surface area contributed by atoms with Crippen LogP contribution in [0.5, 0.6) is 0 Å². The molecule has 0 amide bonds. The van der Waals surface area contributed by atoms with Crippen molar-refractivity contribution in [1.82, 2.24) is 0 Å². The molecule has 0 unspecified atom stereocenters. The van der Waals surface area contributed by atoms with Crippen LogP contribution in [0.25, 0.3) is 0 Å². The average Bonchev–Trinajstić information content (AvgIpc) is 2.72. The van der Waals surface area contributed by atoms with Crippen molar-refractivity contribution < 1.29 is 19.4 Å². The minimum atomic E-state index is -1.23. The monoisotopic (exact) mass is 312 g/mol. The molecule has 1 saturated heterocycles. The lowest BCUT2D eigenvalue weighted by atomic mass is 10.0. The first-order valence-corrected chi connectivity index (χ1v) is 8.71. The molecule has 4 nitrogen and oxygen atoms in total. The van der Waals surface area contributed by atoms with Crippen LogP contribution in [0, 0.1) is 0 Å². The number of unbranched alkanes of at least 4 members (excludes halogenated alkanes) is 9. The zero-order valence-electron chi connectivity index (χ0n) is 14.4. The van der Waals surface area contributed by atoms with Crippen LogP contribution in [0.1, 0.15) is 78.1 Å². The van der Waals surface area contributed by atoms with E-state index in [2.05, 4.69) is 6.92 Å². The Hall–Kier alpha value is -0.870. The third-order valence-corrected chi connectivity index (χ3v) is 4.40. The van der Waals surface area contributed by atoms with Crippen molar-refractivity contribution in [3.05, 3.63) is 11.6 Å². The van der Waals surface area contributed by atoms with Crippen molar-refractivity contribution in [2.75, 3.05) is 7.11 Å². The summed E-state index contributed by atoms with van der Waals surface area (Å²) >= 11 is 0. The molecule has 0 saturated carbocycles. The number of aliphatic hydroxyl groups is 1. The molecule has 1 fully saturated rings. The molecule has 0 aliphatic carbocycles. The van der Waals surface area contributed by atoms with Crippen LogP contribution in [-0.2, 0) is 14.3 Å². The molecule has 0 aromatic heterocycles. The number of methoxy groups -OCH3 is 1. The highest BCUT2D eigenvalue weighted by molar-refractivity contribution is 5.92. The van der Waals surface area contributed by atoms with E-state index in [4.69, 9.17) is 9.47 Å². The Kier molecular flexibility index (Phi) is 8.72. The van der Waals surface area contributed by atoms with Gasteiger partial charge in [-0.05, 0) is 12.8 Å². The van der Waals surface area contributed by atoms with E-state index in [1.54, 1.807) is 13.0 Å². The van der Waals surface area contributed by atoms with Crippen LogP contribution < -0.4 is 0 Å². The van der Waals surface area contributed by atoms with Gasteiger partial charge in [-0.2, -0.15) is 0 Å². The third-order valence-electron chi connectivity index (χ3n) is 4.40. The van der Waals surface area contributed by atoms with Crippen LogP contribution in [0.2, 0.25) is 0 Å². The van der Waals surface area contributed by atoms with E-state index in [1.807, 2.05) is 0 Å². The largest absolute Gasteiger partial charge is 0.427 e. The number of allylic oxidation sites excluding steroid dienone is 1. The summed E-state index contributed by atoms with van der Waals surface area (Å²) in [5, 5.41) is 10.1. The predicted octanol–water partition coefficient (Wildman–Crippen LogP) is 4.11. The van der Waals surface area contributed by atoms with Gasteiger partial charge in [0.05, 0.1) is 5.57 Å². The van der Waals surface area contributed by atoms with Crippen molar-refractivity contribution in [3.63, 3.8) is 0 Å². The molecule has 4 heteroatoms. The summed E-state index contributed by atoms with van der Waals surface area (Å²) in [6.07, 6.45) is 13.1. The van der Waals surface area contributed by atoms with E-state index < -0.39 is 17.9 Å². The zero-order chi connectivity index (χ0) is 16.4. The standard InChI is InChI=1S/C18H32O4/c1-4-5-6-7-8-9-10-11-12-13-14-15-16(19)18(2,21-3)22-17(15)20/h14,16,19H,4-13H2,1-3H3/b15-14-/t16-,18+/m1/s1. The summed E-state index contributed by atoms with van der Waals surface area (Å²) in [7, 11) is 1.43. The van der Waals surface area contributed by atoms with Crippen LogP contribution in [0.3, 0.4) is 0 Å². The van der Waals surface area contributed by atoms with E-state index in [0.717, 1.165) is 12.8 Å². The minimum absolute atomic E-state index is 0.337. The van der Waals surface area contributed by atoms with Gasteiger partial charge in [0, 0.05) is 14.0 Å². The Bertz CT molecular complexity index is 364. The number of ether oxygens (including phenoxy) is 2. The lowest BCUT2D eigenvalue weighted by Crippen LogP contribution is -2.38. The SMILES string of the molecule is CCCCCCCCCCC/C=C1\C(=O)O[C@](C)(OC)[C@@H]1O. The highest BCUT2D eigenvalue weighted by Gasteiger charge is 2.48. The van der Waals surface area contributed by atoms with Crippen molar-refractivity contribution in [2.24, 2.45) is 0 Å². The molecule has 1 heterocycles. The fourth-order valence-electron chi connectivity index (χ4n) is 2.75. The molecule has 128 valence electrons. The van der Waals surface area contributed by atoms with Crippen molar-refractivity contribution >= 4 is 5.97 Å². The molecular weight excluding hydrogens is 280 g/mol. The smallest absolute Gasteiger partial charge is 0.339 e. The van der Waals surface area contributed by atoms with Gasteiger partial charge in [-0.25, -0.2) is 4.79 Å². The van der Waals surface area contributed by atoms with Gasteiger partial charge in [-0.3, -0.25) is 0 Å². The molecule has 1 rings (SSSR count). The second-order valence-corrected chi connectivity index (χ2v) is 6.29. The second kappa shape index (κ2) is 10.0. The Morgan fingerprint density at radius 1 is 1.14 bits per heavy atom. The number of hydrogen-bond acceptors (Lipinski definition) is 4. The van der Waals surface area contributed by atoms with Crippen molar-refractivity contribution in [1.29, 1.82) is 0 Å². The predicted molar refractivity (Wildman–Crippen MR) is 87.4 cm³/mol. The number of carbonyl (C=O) groups excluding carboxylic acids is 1. The highest BCUT2D eigenvalue weighted by Crippen LogP contribution is 2.32. The first kappa shape index (κ1) is 19.2. The van der Waals surface area contributed by atoms with Gasteiger partial charge in [-0.1, -0.05) is 64.4 Å². The number of hydrogen-bond donors (Lipinski definition) is 1. The Labute approximate surface area is 134 Å². The Morgan fingerprint density at radius 3 is 2.18 bits per heavy atom. The van der Waals surface area contributed by atoms with Gasteiger partial charge in [0.2, 0.25) is 5.79 Å².